The Labute approximate surface area is 198 Å². The van der Waals surface area contributed by atoms with Crippen molar-refractivity contribution in [3.05, 3.63) is 57.5 Å². The summed E-state index contributed by atoms with van der Waals surface area (Å²) in [6.07, 6.45) is 2.32. The molecule has 3 rings (SSSR count). The van der Waals surface area contributed by atoms with Crippen molar-refractivity contribution >= 4 is 55.6 Å². The molecule has 1 saturated heterocycles. The van der Waals surface area contributed by atoms with Crippen LogP contribution in [0.2, 0.25) is 5.02 Å². The summed E-state index contributed by atoms with van der Waals surface area (Å²) < 4.78 is 32.7. The van der Waals surface area contributed by atoms with E-state index in [-0.39, 0.29) is 11.4 Å². The molecule has 0 radical (unpaired) electrons. The Hall–Kier alpha value is -2.47. The van der Waals surface area contributed by atoms with E-state index in [9.17, 15) is 18.0 Å². The summed E-state index contributed by atoms with van der Waals surface area (Å²) in [5, 5.41) is 13.0. The van der Waals surface area contributed by atoms with E-state index in [4.69, 9.17) is 21.4 Å². The SMILES string of the molecule is O=C(O)COc1ccc(/C=N/NC(=O)C2CCCN2S(=O)(=O)c2ccc(Cl)cc2)cc1Br. The molecule has 0 aliphatic carbocycles. The maximum atomic E-state index is 12.9. The molecule has 1 amide bonds. The highest BCUT2D eigenvalue weighted by Crippen LogP contribution is 2.27. The third-order valence-corrected chi connectivity index (χ3v) is 7.42. The average molecular weight is 545 g/mol. The van der Waals surface area contributed by atoms with Crippen molar-refractivity contribution < 1.29 is 27.9 Å². The smallest absolute Gasteiger partial charge is 0.341 e. The van der Waals surface area contributed by atoms with Gasteiger partial charge in [-0.3, -0.25) is 4.79 Å². The molecule has 170 valence electrons. The zero-order valence-electron chi connectivity index (χ0n) is 16.6. The van der Waals surface area contributed by atoms with E-state index in [2.05, 4.69) is 26.5 Å². The molecule has 1 fully saturated rings. The number of hydrogen-bond acceptors (Lipinski definition) is 6. The summed E-state index contributed by atoms with van der Waals surface area (Å²) in [6.45, 7) is -0.240. The largest absolute Gasteiger partial charge is 0.481 e. The van der Waals surface area contributed by atoms with Gasteiger partial charge in [-0.25, -0.2) is 18.6 Å². The minimum absolute atomic E-state index is 0.0696. The number of carbonyl (C=O) groups is 2. The first-order chi connectivity index (χ1) is 15.2. The lowest BCUT2D eigenvalue weighted by atomic mass is 10.2. The van der Waals surface area contributed by atoms with Crippen molar-refractivity contribution in [3.63, 3.8) is 0 Å². The monoisotopic (exact) mass is 543 g/mol. The van der Waals surface area contributed by atoms with Crippen LogP contribution >= 0.6 is 27.5 Å². The molecule has 2 aromatic rings. The Morgan fingerprint density at radius 3 is 2.66 bits per heavy atom. The van der Waals surface area contributed by atoms with Crippen LogP contribution in [0.4, 0.5) is 0 Å². The van der Waals surface area contributed by atoms with Crippen LogP contribution in [0, 0.1) is 0 Å². The average Bonchev–Trinajstić information content (AvgIpc) is 3.24. The van der Waals surface area contributed by atoms with Crippen LogP contribution < -0.4 is 10.2 Å². The van der Waals surface area contributed by atoms with Crippen LogP contribution in [0.3, 0.4) is 0 Å². The van der Waals surface area contributed by atoms with Gasteiger partial charge in [0.25, 0.3) is 5.91 Å². The van der Waals surface area contributed by atoms with Gasteiger partial charge in [-0.15, -0.1) is 0 Å². The molecule has 2 aromatic carbocycles. The Morgan fingerprint density at radius 2 is 2.00 bits per heavy atom. The fourth-order valence-electron chi connectivity index (χ4n) is 3.13. The Kier molecular flexibility index (Phi) is 7.88. The van der Waals surface area contributed by atoms with Crippen LogP contribution in [0.25, 0.3) is 0 Å². The summed E-state index contributed by atoms with van der Waals surface area (Å²) in [5.41, 5.74) is 3.00. The van der Waals surface area contributed by atoms with Crippen LogP contribution in [-0.2, 0) is 19.6 Å². The van der Waals surface area contributed by atoms with E-state index in [1.165, 1.54) is 34.8 Å². The molecule has 1 aliphatic heterocycles. The molecule has 32 heavy (non-hydrogen) atoms. The van der Waals surface area contributed by atoms with Crippen molar-refractivity contribution in [2.45, 2.75) is 23.8 Å². The van der Waals surface area contributed by atoms with E-state index in [1.54, 1.807) is 18.2 Å². The number of sulfonamides is 1. The molecule has 1 heterocycles. The van der Waals surface area contributed by atoms with Gasteiger partial charge in [-0.2, -0.15) is 9.41 Å². The van der Waals surface area contributed by atoms with E-state index in [0.29, 0.717) is 33.6 Å². The van der Waals surface area contributed by atoms with Gasteiger partial charge in [0.1, 0.15) is 11.8 Å². The van der Waals surface area contributed by atoms with Gasteiger partial charge in [-0.1, -0.05) is 11.6 Å². The lowest BCUT2D eigenvalue weighted by Gasteiger charge is -2.22. The minimum atomic E-state index is -3.85. The maximum Gasteiger partial charge on any atom is 0.341 e. The molecule has 12 heteroatoms. The van der Waals surface area contributed by atoms with E-state index in [1.807, 2.05) is 0 Å². The molecule has 1 atom stereocenters. The number of hydrogen-bond donors (Lipinski definition) is 2. The summed E-state index contributed by atoms with van der Waals surface area (Å²) in [5.74, 6) is -1.27. The van der Waals surface area contributed by atoms with Crippen molar-refractivity contribution in [2.75, 3.05) is 13.2 Å². The zero-order chi connectivity index (χ0) is 23.3. The van der Waals surface area contributed by atoms with Crippen LogP contribution in [0.5, 0.6) is 5.75 Å². The molecule has 0 saturated carbocycles. The van der Waals surface area contributed by atoms with Crippen molar-refractivity contribution in [3.8, 4) is 5.75 Å². The predicted molar refractivity (Wildman–Crippen MR) is 121 cm³/mol. The molecule has 0 spiro atoms. The molecule has 0 bridgehead atoms. The second-order valence-corrected chi connectivity index (χ2v) is 10.0. The Morgan fingerprint density at radius 1 is 1.28 bits per heavy atom. The van der Waals surface area contributed by atoms with Gasteiger partial charge >= 0.3 is 5.97 Å². The van der Waals surface area contributed by atoms with E-state index >= 15 is 0 Å². The van der Waals surface area contributed by atoms with Crippen LogP contribution in [0.1, 0.15) is 18.4 Å². The second-order valence-electron chi connectivity index (χ2n) is 6.83. The number of carboxylic acids is 1. The fraction of sp³-hybridized carbons (Fsp3) is 0.250. The zero-order valence-corrected chi connectivity index (χ0v) is 19.7. The third-order valence-electron chi connectivity index (χ3n) is 4.62. The number of carboxylic acid groups (broad SMARTS) is 1. The lowest BCUT2D eigenvalue weighted by Crippen LogP contribution is -2.44. The fourth-order valence-corrected chi connectivity index (χ4v) is 5.42. The molecular weight excluding hydrogens is 526 g/mol. The van der Waals surface area contributed by atoms with Crippen molar-refractivity contribution in [1.29, 1.82) is 0 Å². The molecule has 1 unspecified atom stereocenters. The number of carbonyl (C=O) groups excluding carboxylic acids is 1. The number of nitrogens with one attached hydrogen (secondary N) is 1. The number of benzene rings is 2. The number of ether oxygens (including phenoxy) is 1. The summed E-state index contributed by atoms with van der Waals surface area (Å²) in [6, 6.07) is 9.75. The number of halogens is 2. The lowest BCUT2D eigenvalue weighted by molar-refractivity contribution is -0.139. The molecule has 9 nitrogen and oxygen atoms in total. The van der Waals surface area contributed by atoms with Gasteiger partial charge in [0, 0.05) is 11.6 Å². The van der Waals surface area contributed by atoms with Gasteiger partial charge in [0.2, 0.25) is 10.0 Å². The van der Waals surface area contributed by atoms with E-state index in [0.717, 1.165) is 0 Å². The van der Waals surface area contributed by atoms with Gasteiger partial charge in [0.15, 0.2) is 6.61 Å². The second kappa shape index (κ2) is 10.4. The molecule has 2 N–H and O–H groups in total. The molecule has 0 aromatic heterocycles. The maximum absolute atomic E-state index is 12.9. The third kappa shape index (κ3) is 5.85. The highest BCUT2D eigenvalue weighted by Gasteiger charge is 2.39. The highest BCUT2D eigenvalue weighted by molar-refractivity contribution is 9.10. The summed E-state index contributed by atoms with van der Waals surface area (Å²) in [4.78, 5) is 23.3. The first kappa shape index (κ1) is 24.2. The number of amides is 1. The first-order valence-electron chi connectivity index (χ1n) is 9.43. The standard InChI is InChI=1S/C20H19BrClN3O6S/c21-16-10-13(3-8-18(16)31-12-19(26)27)11-23-24-20(28)17-2-1-9-25(17)32(29,30)15-6-4-14(22)5-7-15/h3-8,10-11,17H,1-2,9,12H2,(H,24,28)(H,26,27)/b23-11+. The Bertz CT molecular complexity index is 1140. The van der Waals surface area contributed by atoms with Gasteiger partial charge in [0.05, 0.1) is 15.6 Å². The van der Waals surface area contributed by atoms with Crippen LogP contribution in [-0.4, -0.2) is 55.1 Å². The minimum Gasteiger partial charge on any atom is -0.481 e. The highest BCUT2D eigenvalue weighted by atomic mass is 79.9. The van der Waals surface area contributed by atoms with E-state index < -0.39 is 34.5 Å². The quantitative estimate of drug-likeness (QED) is 0.389. The number of rotatable bonds is 8. The van der Waals surface area contributed by atoms with Crippen molar-refractivity contribution in [1.82, 2.24) is 9.73 Å². The topological polar surface area (TPSA) is 125 Å². The first-order valence-corrected chi connectivity index (χ1v) is 12.0. The number of aliphatic carboxylic acids is 1. The number of hydrazone groups is 1. The van der Waals surface area contributed by atoms with Crippen LogP contribution in [0.15, 0.2) is 56.9 Å². The number of nitrogens with zero attached hydrogens (tertiary/aromatic N) is 2. The molecular formula is C20H19BrClN3O6S. The Balaban J connectivity index is 1.65. The predicted octanol–water partition coefficient (Wildman–Crippen LogP) is 2.87. The van der Waals surface area contributed by atoms with Gasteiger partial charge < -0.3 is 9.84 Å². The van der Waals surface area contributed by atoms with Crippen molar-refractivity contribution in [2.24, 2.45) is 5.10 Å². The summed E-state index contributed by atoms with van der Waals surface area (Å²) >= 11 is 9.11. The normalized spacial score (nSPS) is 16.9. The summed E-state index contributed by atoms with van der Waals surface area (Å²) in [7, 11) is -3.85. The van der Waals surface area contributed by atoms with Gasteiger partial charge in [-0.05, 0) is 76.8 Å². The molecule has 1 aliphatic rings.